The highest BCUT2D eigenvalue weighted by atomic mass is 15.0. The maximum atomic E-state index is 5.04. The third-order valence-corrected chi connectivity index (χ3v) is 10.1. The SMILES string of the molecule is c1ccc(-c2nc(-c3ccccc3)nc(-c3cccc(-n4c5cccc6c7ccccc7n7c8ccccc8c8ccc4c(c65)c87)c3)n2)cc1. The van der Waals surface area contributed by atoms with Crippen LogP contribution in [-0.2, 0) is 0 Å². The number of benzene rings is 7. The average molecular weight is 638 g/mol. The quantitative estimate of drug-likeness (QED) is 0.193. The Hall–Kier alpha value is -6.85. The molecule has 0 aliphatic rings. The van der Waals surface area contributed by atoms with Gasteiger partial charge in [0.2, 0.25) is 0 Å². The molecule has 0 N–H and O–H groups in total. The molecule has 232 valence electrons. The molecule has 0 saturated carbocycles. The van der Waals surface area contributed by atoms with Gasteiger partial charge in [-0.1, -0.05) is 127 Å². The summed E-state index contributed by atoms with van der Waals surface area (Å²) < 4.78 is 4.88. The van der Waals surface area contributed by atoms with Crippen molar-refractivity contribution < 1.29 is 0 Å². The highest BCUT2D eigenvalue weighted by Gasteiger charge is 2.23. The van der Waals surface area contributed by atoms with Crippen LogP contribution in [0.1, 0.15) is 0 Å². The number of aromatic nitrogens is 5. The van der Waals surface area contributed by atoms with Gasteiger partial charge in [0.05, 0.1) is 27.6 Å². The molecule has 11 rings (SSSR count). The molecule has 0 aliphatic heterocycles. The van der Waals surface area contributed by atoms with Gasteiger partial charge in [0, 0.05) is 49.3 Å². The van der Waals surface area contributed by atoms with E-state index in [-0.39, 0.29) is 0 Å². The third kappa shape index (κ3) is 3.80. The van der Waals surface area contributed by atoms with Crippen LogP contribution in [0.25, 0.3) is 99.8 Å². The Morgan fingerprint density at radius 2 is 0.840 bits per heavy atom. The molecule has 0 radical (unpaired) electrons. The van der Waals surface area contributed by atoms with Crippen molar-refractivity contribution in [3.05, 3.63) is 164 Å². The normalized spacial score (nSPS) is 12.0. The highest BCUT2D eigenvalue weighted by Crippen LogP contribution is 2.45. The van der Waals surface area contributed by atoms with E-state index in [9.17, 15) is 0 Å². The van der Waals surface area contributed by atoms with Gasteiger partial charge in [-0.15, -0.1) is 0 Å². The molecule has 0 atom stereocenters. The van der Waals surface area contributed by atoms with Crippen LogP contribution in [0.15, 0.2) is 164 Å². The zero-order valence-electron chi connectivity index (χ0n) is 26.8. The van der Waals surface area contributed by atoms with E-state index in [1.807, 2.05) is 60.7 Å². The molecule has 5 heteroatoms. The predicted molar refractivity (Wildman–Crippen MR) is 205 cm³/mol. The first-order valence-corrected chi connectivity index (χ1v) is 16.9. The zero-order valence-corrected chi connectivity index (χ0v) is 26.8. The van der Waals surface area contributed by atoms with Crippen LogP contribution in [0.2, 0.25) is 0 Å². The van der Waals surface area contributed by atoms with Gasteiger partial charge < -0.3 is 8.97 Å². The second kappa shape index (κ2) is 10.3. The second-order valence-electron chi connectivity index (χ2n) is 12.8. The molecule has 0 bridgehead atoms. The molecule has 4 heterocycles. The lowest BCUT2D eigenvalue weighted by molar-refractivity contribution is 1.07. The van der Waals surface area contributed by atoms with Crippen molar-refractivity contribution in [3.8, 4) is 39.9 Å². The van der Waals surface area contributed by atoms with E-state index in [1.54, 1.807) is 0 Å². The fourth-order valence-electron chi connectivity index (χ4n) is 7.97. The average Bonchev–Trinajstić information content (AvgIpc) is 3.67. The summed E-state index contributed by atoms with van der Waals surface area (Å²) in [6, 6.07) is 57.8. The molecule has 0 aliphatic carbocycles. The number of rotatable bonds is 4. The summed E-state index contributed by atoms with van der Waals surface area (Å²) in [6.45, 7) is 0. The summed E-state index contributed by atoms with van der Waals surface area (Å²) in [5.74, 6) is 1.94. The van der Waals surface area contributed by atoms with Crippen LogP contribution in [-0.4, -0.2) is 23.9 Å². The van der Waals surface area contributed by atoms with E-state index in [4.69, 9.17) is 15.0 Å². The summed E-state index contributed by atoms with van der Waals surface area (Å²) in [5, 5.41) is 7.54. The minimum Gasteiger partial charge on any atom is -0.309 e. The van der Waals surface area contributed by atoms with Crippen LogP contribution in [0.5, 0.6) is 0 Å². The van der Waals surface area contributed by atoms with Crippen molar-refractivity contribution in [3.63, 3.8) is 0 Å². The molecular formula is C45H27N5. The molecule has 0 fully saturated rings. The Morgan fingerprint density at radius 1 is 0.340 bits per heavy atom. The van der Waals surface area contributed by atoms with Gasteiger partial charge in [0.25, 0.3) is 0 Å². The van der Waals surface area contributed by atoms with Gasteiger partial charge >= 0.3 is 0 Å². The molecule has 0 spiro atoms. The fourth-order valence-corrected chi connectivity index (χ4v) is 7.97. The maximum Gasteiger partial charge on any atom is 0.164 e. The van der Waals surface area contributed by atoms with Crippen molar-refractivity contribution in [1.82, 2.24) is 23.9 Å². The molecule has 0 unspecified atom stereocenters. The molecule has 11 aromatic rings. The largest absolute Gasteiger partial charge is 0.309 e. The van der Waals surface area contributed by atoms with Crippen LogP contribution in [0, 0.1) is 0 Å². The lowest BCUT2D eigenvalue weighted by Gasteiger charge is -2.12. The smallest absolute Gasteiger partial charge is 0.164 e. The Kier molecular flexibility index (Phi) is 5.60. The number of hydrogen-bond donors (Lipinski definition) is 0. The third-order valence-electron chi connectivity index (χ3n) is 10.1. The molecule has 5 nitrogen and oxygen atoms in total. The lowest BCUT2D eigenvalue weighted by Crippen LogP contribution is -2.01. The van der Waals surface area contributed by atoms with Crippen molar-refractivity contribution in [1.29, 1.82) is 0 Å². The van der Waals surface area contributed by atoms with Crippen LogP contribution < -0.4 is 0 Å². The van der Waals surface area contributed by atoms with Crippen LogP contribution in [0.4, 0.5) is 0 Å². The molecule has 4 aromatic heterocycles. The van der Waals surface area contributed by atoms with Crippen LogP contribution >= 0.6 is 0 Å². The summed E-state index contributed by atoms with van der Waals surface area (Å²) >= 11 is 0. The minimum atomic E-state index is 0.638. The van der Waals surface area contributed by atoms with E-state index in [2.05, 4.69) is 112 Å². The van der Waals surface area contributed by atoms with E-state index >= 15 is 0 Å². The second-order valence-corrected chi connectivity index (χ2v) is 12.8. The Bertz CT molecular complexity index is 3030. The summed E-state index contributed by atoms with van der Waals surface area (Å²) in [6.07, 6.45) is 0. The standard InChI is InChI=1S/C45H27N5/c1-3-13-28(14-4-1)43-46-44(29-15-5-2-6-16-29)48-45(47-43)30-17-11-18-31(27-30)49-38-24-12-21-34-32-19-7-9-22-36(32)50-37-23-10-8-20-33(37)35-25-26-39(49)41(40(34)38)42(35)50/h1-27H. The van der Waals surface area contributed by atoms with Gasteiger partial charge in [0.1, 0.15) is 0 Å². The Labute approximate surface area is 286 Å². The lowest BCUT2D eigenvalue weighted by atomic mass is 10.0. The zero-order chi connectivity index (χ0) is 32.8. The number of fused-ring (bicyclic) bond motifs is 6. The van der Waals surface area contributed by atoms with Gasteiger partial charge in [-0.25, -0.2) is 15.0 Å². The molecule has 50 heavy (non-hydrogen) atoms. The number of hydrogen-bond acceptors (Lipinski definition) is 3. The summed E-state index contributed by atoms with van der Waals surface area (Å²) in [7, 11) is 0. The first kappa shape index (κ1) is 27.1. The molecular weight excluding hydrogens is 611 g/mol. The highest BCUT2D eigenvalue weighted by molar-refractivity contribution is 6.33. The Morgan fingerprint density at radius 3 is 1.52 bits per heavy atom. The van der Waals surface area contributed by atoms with E-state index < -0.39 is 0 Å². The number of nitrogens with zero attached hydrogens (tertiary/aromatic N) is 5. The fraction of sp³-hybridized carbons (Fsp3) is 0. The summed E-state index contributed by atoms with van der Waals surface area (Å²) in [4.78, 5) is 15.0. The summed E-state index contributed by atoms with van der Waals surface area (Å²) in [5.41, 5.74) is 9.90. The van der Waals surface area contributed by atoms with Gasteiger partial charge in [0.15, 0.2) is 17.5 Å². The first-order valence-electron chi connectivity index (χ1n) is 16.9. The first-order chi connectivity index (χ1) is 24.8. The van der Waals surface area contributed by atoms with E-state index in [0.29, 0.717) is 17.5 Å². The van der Waals surface area contributed by atoms with Crippen molar-refractivity contribution in [2.45, 2.75) is 0 Å². The van der Waals surface area contributed by atoms with Crippen molar-refractivity contribution in [2.75, 3.05) is 0 Å². The number of para-hydroxylation sites is 2. The topological polar surface area (TPSA) is 48.0 Å². The molecule has 7 aromatic carbocycles. The van der Waals surface area contributed by atoms with Crippen LogP contribution in [0.3, 0.4) is 0 Å². The van der Waals surface area contributed by atoms with Crippen molar-refractivity contribution >= 4 is 59.9 Å². The predicted octanol–water partition coefficient (Wildman–Crippen LogP) is 11.1. The maximum absolute atomic E-state index is 5.04. The van der Waals surface area contributed by atoms with Gasteiger partial charge in [-0.3, -0.25) is 0 Å². The van der Waals surface area contributed by atoms with E-state index in [1.165, 1.54) is 59.9 Å². The molecule has 0 amide bonds. The Balaban J connectivity index is 1.21. The van der Waals surface area contributed by atoms with Crippen molar-refractivity contribution in [2.24, 2.45) is 0 Å². The van der Waals surface area contributed by atoms with Gasteiger partial charge in [-0.2, -0.15) is 0 Å². The monoisotopic (exact) mass is 637 g/mol. The van der Waals surface area contributed by atoms with Gasteiger partial charge in [-0.05, 0) is 41.8 Å². The van der Waals surface area contributed by atoms with E-state index in [0.717, 1.165) is 22.4 Å². The molecule has 0 saturated heterocycles. The minimum absolute atomic E-state index is 0.638.